The largest absolute Gasteiger partial charge is 0.351 e. The summed E-state index contributed by atoms with van der Waals surface area (Å²) in [5, 5.41) is 6.45. The molecule has 0 spiro atoms. The van der Waals surface area contributed by atoms with Gasteiger partial charge in [-0.05, 0) is 50.1 Å². The molecule has 0 radical (unpaired) electrons. The Morgan fingerprint density at radius 1 is 1.19 bits per heavy atom. The van der Waals surface area contributed by atoms with Crippen LogP contribution in [0.1, 0.15) is 68.8 Å². The van der Waals surface area contributed by atoms with Crippen molar-refractivity contribution < 1.29 is 9.59 Å². The fraction of sp³-hybridized carbons (Fsp3) is 0.619. The van der Waals surface area contributed by atoms with Gasteiger partial charge in [-0.2, -0.15) is 0 Å². The number of carbonyl (C=O) groups excluding carboxylic acids is 2. The van der Waals surface area contributed by atoms with Crippen molar-refractivity contribution in [2.45, 2.75) is 82.5 Å². The van der Waals surface area contributed by atoms with Crippen LogP contribution in [-0.4, -0.2) is 38.9 Å². The Hall–Kier alpha value is -1.82. The minimum atomic E-state index is -0.822. The molecule has 6 heteroatoms. The van der Waals surface area contributed by atoms with Gasteiger partial charge in [0.15, 0.2) is 0 Å². The molecular weight excluding hydrogens is 358 g/mol. The molecule has 3 aliphatic rings. The normalized spacial score (nSPS) is 26.9. The van der Waals surface area contributed by atoms with Crippen LogP contribution >= 0.6 is 11.3 Å². The fourth-order valence-corrected chi connectivity index (χ4v) is 6.26. The molecule has 1 N–H and O–H groups in total. The van der Waals surface area contributed by atoms with Gasteiger partial charge in [0.1, 0.15) is 16.1 Å². The molecule has 2 aromatic heterocycles. The van der Waals surface area contributed by atoms with Crippen LogP contribution in [0.4, 0.5) is 0 Å². The molecule has 2 amide bonds. The van der Waals surface area contributed by atoms with E-state index < -0.39 is 5.54 Å². The molecule has 27 heavy (non-hydrogen) atoms. The lowest BCUT2D eigenvalue weighted by molar-refractivity contribution is -0.134. The summed E-state index contributed by atoms with van der Waals surface area (Å²) in [6.45, 7) is 2.53. The summed E-state index contributed by atoms with van der Waals surface area (Å²) in [7, 11) is 0. The van der Waals surface area contributed by atoms with Crippen molar-refractivity contribution in [2.24, 2.45) is 0 Å². The lowest BCUT2D eigenvalue weighted by Crippen LogP contribution is -2.66. The van der Waals surface area contributed by atoms with Gasteiger partial charge in [0.25, 0.3) is 5.91 Å². The second-order valence-corrected chi connectivity index (χ2v) is 9.53. The molecule has 1 atom stereocenters. The summed E-state index contributed by atoms with van der Waals surface area (Å²) in [5.74, 6) is 0.0549. The third kappa shape index (κ3) is 2.64. The van der Waals surface area contributed by atoms with E-state index in [2.05, 4.69) is 21.3 Å². The number of nitrogens with one attached hydrogen (secondary N) is 1. The van der Waals surface area contributed by atoms with Crippen molar-refractivity contribution in [2.75, 3.05) is 0 Å². The monoisotopic (exact) mass is 385 g/mol. The highest BCUT2D eigenvalue weighted by molar-refractivity contribution is 7.16. The van der Waals surface area contributed by atoms with Gasteiger partial charge in [0, 0.05) is 17.5 Å². The molecule has 1 aliphatic heterocycles. The number of rotatable bonds is 3. The van der Waals surface area contributed by atoms with E-state index in [0.717, 1.165) is 54.4 Å². The number of amides is 2. The summed E-state index contributed by atoms with van der Waals surface area (Å²) in [4.78, 5) is 30.1. The SMILES string of the molecule is C[C@]1(C(=O)NC2CCCC2)Cn2c(cc3ccsc32)C(=O)N1C1CCCC1. The molecule has 2 aliphatic carbocycles. The standard InChI is InChI=1S/C21H27N3O2S/c1-21(20(26)22-15-6-2-3-7-15)13-23-17(12-14-10-11-27-19(14)23)18(25)24(21)16-8-4-5-9-16/h10-12,15-16H,2-9,13H2,1H3,(H,22,26)/t21-/m1/s1. The van der Waals surface area contributed by atoms with Crippen molar-refractivity contribution in [1.29, 1.82) is 0 Å². The predicted octanol–water partition coefficient (Wildman–Crippen LogP) is 3.92. The van der Waals surface area contributed by atoms with Crippen LogP contribution in [-0.2, 0) is 11.3 Å². The quantitative estimate of drug-likeness (QED) is 0.871. The van der Waals surface area contributed by atoms with Gasteiger partial charge in [-0.15, -0.1) is 11.3 Å². The second kappa shape index (κ2) is 6.36. The first-order valence-electron chi connectivity index (χ1n) is 10.3. The zero-order valence-electron chi connectivity index (χ0n) is 15.9. The minimum Gasteiger partial charge on any atom is -0.351 e. The number of hydrogen-bond donors (Lipinski definition) is 1. The zero-order valence-corrected chi connectivity index (χ0v) is 16.7. The highest BCUT2D eigenvalue weighted by atomic mass is 32.1. The van der Waals surface area contributed by atoms with Crippen LogP contribution in [0.15, 0.2) is 17.5 Å². The van der Waals surface area contributed by atoms with E-state index in [-0.39, 0.29) is 23.9 Å². The smallest absolute Gasteiger partial charge is 0.271 e. The number of hydrogen-bond acceptors (Lipinski definition) is 3. The predicted molar refractivity (Wildman–Crippen MR) is 107 cm³/mol. The number of nitrogens with zero attached hydrogens (tertiary/aromatic N) is 2. The Morgan fingerprint density at radius 3 is 2.63 bits per heavy atom. The van der Waals surface area contributed by atoms with E-state index >= 15 is 0 Å². The van der Waals surface area contributed by atoms with Gasteiger partial charge < -0.3 is 14.8 Å². The Morgan fingerprint density at radius 2 is 1.89 bits per heavy atom. The molecule has 2 saturated carbocycles. The van der Waals surface area contributed by atoms with E-state index in [1.807, 2.05) is 17.9 Å². The van der Waals surface area contributed by atoms with Crippen LogP contribution in [0.2, 0.25) is 0 Å². The van der Waals surface area contributed by atoms with E-state index in [9.17, 15) is 9.59 Å². The Bertz CT molecular complexity index is 889. The van der Waals surface area contributed by atoms with Crippen LogP contribution in [0.5, 0.6) is 0 Å². The van der Waals surface area contributed by atoms with Crippen LogP contribution in [0.3, 0.4) is 0 Å². The lowest BCUT2D eigenvalue weighted by Gasteiger charge is -2.47. The molecule has 5 nitrogen and oxygen atoms in total. The maximum Gasteiger partial charge on any atom is 0.271 e. The van der Waals surface area contributed by atoms with Crippen LogP contribution < -0.4 is 5.32 Å². The van der Waals surface area contributed by atoms with Gasteiger partial charge in [-0.25, -0.2) is 0 Å². The third-order valence-electron chi connectivity index (χ3n) is 6.81. The molecule has 3 heterocycles. The van der Waals surface area contributed by atoms with Crippen LogP contribution in [0.25, 0.3) is 10.2 Å². The van der Waals surface area contributed by atoms with Crippen molar-refractivity contribution >= 4 is 33.4 Å². The highest BCUT2D eigenvalue weighted by Gasteiger charge is 2.51. The zero-order chi connectivity index (χ0) is 18.6. The van der Waals surface area contributed by atoms with Gasteiger partial charge in [-0.3, -0.25) is 9.59 Å². The van der Waals surface area contributed by atoms with Gasteiger partial charge in [0.05, 0.1) is 6.54 Å². The maximum atomic E-state index is 13.6. The topological polar surface area (TPSA) is 54.3 Å². The van der Waals surface area contributed by atoms with Gasteiger partial charge in [-0.1, -0.05) is 25.7 Å². The molecule has 5 rings (SSSR count). The van der Waals surface area contributed by atoms with Gasteiger partial charge in [0.2, 0.25) is 5.91 Å². The number of carbonyl (C=O) groups is 2. The van der Waals surface area contributed by atoms with Gasteiger partial charge >= 0.3 is 0 Å². The highest BCUT2D eigenvalue weighted by Crippen LogP contribution is 2.39. The molecule has 0 unspecified atom stereocenters. The van der Waals surface area contributed by atoms with Crippen molar-refractivity contribution in [1.82, 2.24) is 14.8 Å². The molecular formula is C21H27N3O2S. The Balaban J connectivity index is 1.56. The third-order valence-corrected chi connectivity index (χ3v) is 7.76. The molecule has 0 bridgehead atoms. The van der Waals surface area contributed by atoms with E-state index in [1.54, 1.807) is 11.3 Å². The van der Waals surface area contributed by atoms with E-state index in [0.29, 0.717) is 6.54 Å². The Kier molecular flexibility index (Phi) is 4.08. The van der Waals surface area contributed by atoms with Crippen LogP contribution in [0, 0.1) is 0 Å². The summed E-state index contributed by atoms with van der Waals surface area (Å²) in [6, 6.07) is 4.51. The first-order valence-corrected chi connectivity index (χ1v) is 11.2. The molecule has 2 fully saturated rings. The first-order chi connectivity index (χ1) is 13.1. The summed E-state index contributed by atoms with van der Waals surface area (Å²) in [5.41, 5.74) is -0.0765. The first kappa shape index (κ1) is 17.3. The Labute approximate surface area is 163 Å². The molecule has 0 aromatic carbocycles. The maximum absolute atomic E-state index is 13.6. The molecule has 0 saturated heterocycles. The number of aromatic nitrogens is 1. The summed E-state index contributed by atoms with van der Waals surface area (Å²) < 4.78 is 2.09. The minimum absolute atomic E-state index is 0.0266. The van der Waals surface area contributed by atoms with Crippen molar-refractivity contribution in [3.63, 3.8) is 0 Å². The summed E-state index contributed by atoms with van der Waals surface area (Å²) in [6.07, 6.45) is 8.79. The number of fused-ring (bicyclic) bond motifs is 3. The molecule has 2 aromatic rings. The van der Waals surface area contributed by atoms with E-state index in [4.69, 9.17) is 0 Å². The summed E-state index contributed by atoms with van der Waals surface area (Å²) >= 11 is 1.65. The van der Waals surface area contributed by atoms with Crippen molar-refractivity contribution in [3.8, 4) is 0 Å². The average Bonchev–Trinajstić information content (AvgIpc) is 3.41. The molecule has 144 valence electrons. The average molecular weight is 386 g/mol. The number of thiophene rings is 1. The van der Waals surface area contributed by atoms with E-state index in [1.165, 1.54) is 12.8 Å². The van der Waals surface area contributed by atoms with Crippen molar-refractivity contribution in [3.05, 3.63) is 23.2 Å². The second-order valence-electron chi connectivity index (χ2n) is 8.64. The lowest BCUT2D eigenvalue weighted by atomic mass is 9.91. The fourth-order valence-electron chi connectivity index (χ4n) is 5.36.